The van der Waals surface area contributed by atoms with E-state index in [0.717, 1.165) is 64.6 Å². The molecule has 1 heterocycles. The van der Waals surface area contributed by atoms with Gasteiger partial charge in [-0.25, -0.2) is 0 Å². The van der Waals surface area contributed by atoms with Crippen LogP contribution < -0.4 is 15.9 Å². The van der Waals surface area contributed by atoms with E-state index in [1.54, 1.807) is 6.07 Å². The molecule has 0 bridgehead atoms. The molecule has 0 radical (unpaired) electrons. The molecule has 1 saturated heterocycles. The third-order valence-corrected chi connectivity index (χ3v) is 11.8. The Morgan fingerprint density at radius 1 is 0.623 bits per heavy atom. The van der Waals surface area contributed by atoms with Crippen molar-refractivity contribution >= 4 is 77.4 Å². The van der Waals surface area contributed by atoms with E-state index in [0.29, 0.717) is 12.1 Å². The third-order valence-electron chi connectivity index (χ3n) is 11.8. The molecule has 7 aromatic rings. The van der Waals surface area contributed by atoms with Crippen LogP contribution in [0.5, 0.6) is 0 Å². The van der Waals surface area contributed by atoms with E-state index >= 15 is 8.78 Å². The molecule has 1 aliphatic heterocycles. The predicted molar refractivity (Wildman–Crippen MR) is 232 cm³/mol. The molecule has 0 spiro atoms. The molecule has 314 valence electrons. The first kappa shape index (κ1) is 40.6. The first-order valence-corrected chi connectivity index (χ1v) is 20.5. The second-order valence-electron chi connectivity index (χ2n) is 15.9. The van der Waals surface area contributed by atoms with Crippen molar-refractivity contribution in [3.63, 3.8) is 0 Å². The summed E-state index contributed by atoms with van der Waals surface area (Å²) in [6, 6.07) is 31.3. The Kier molecular flexibility index (Phi) is 10.8. The largest absolute Gasteiger partial charge is 0.490 e. The van der Waals surface area contributed by atoms with Gasteiger partial charge in [0.05, 0.1) is 52.3 Å². The second-order valence-corrected chi connectivity index (χ2v) is 15.9. The molecule has 3 atom stereocenters. The molecule has 61 heavy (non-hydrogen) atoms. The van der Waals surface area contributed by atoms with Gasteiger partial charge in [0, 0.05) is 11.1 Å². The molecule has 9 rings (SSSR count). The SMILES string of the molecule is C=C1OCCOCCO[C@](F)(C(=O)NC2CC=c3ccc4cccc5ccc2c3c54)C(C)(C)OCCOCCOC1(F)C(=O)Nc1ccc2ccc3cccc4ccc1c2c34. The van der Waals surface area contributed by atoms with E-state index < -0.39 is 40.9 Å². The van der Waals surface area contributed by atoms with Crippen LogP contribution in [0.1, 0.15) is 31.9 Å². The van der Waals surface area contributed by atoms with Crippen molar-refractivity contribution < 1.29 is 46.8 Å². The average molecular weight is 829 g/mol. The Balaban J connectivity index is 0.876. The summed E-state index contributed by atoms with van der Waals surface area (Å²) in [6.45, 7) is 4.96. The van der Waals surface area contributed by atoms with Crippen molar-refractivity contribution in [2.75, 3.05) is 58.2 Å². The molecule has 12 heteroatoms. The van der Waals surface area contributed by atoms with Gasteiger partial charge in [0.15, 0.2) is 5.76 Å². The van der Waals surface area contributed by atoms with E-state index in [9.17, 15) is 9.59 Å². The minimum atomic E-state index is -3.11. The van der Waals surface area contributed by atoms with E-state index in [2.05, 4.69) is 47.6 Å². The van der Waals surface area contributed by atoms with Gasteiger partial charge in [-0.2, -0.15) is 8.78 Å². The van der Waals surface area contributed by atoms with Crippen molar-refractivity contribution in [2.45, 2.75) is 43.6 Å². The molecule has 2 N–H and O–H groups in total. The summed E-state index contributed by atoms with van der Waals surface area (Å²) >= 11 is 0. The lowest BCUT2D eigenvalue weighted by Crippen LogP contribution is -2.61. The number of alkyl halides is 2. The predicted octanol–water partition coefficient (Wildman–Crippen LogP) is 8.33. The van der Waals surface area contributed by atoms with Crippen LogP contribution in [0.25, 0.3) is 59.9 Å². The normalized spacial score (nSPS) is 23.3. The van der Waals surface area contributed by atoms with Crippen molar-refractivity contribution in [3.8, 4) is 0 Å². The van der Waals surface area contributed by atoms with Gasteiger partial charge in [-0.1, -0.05) is 104 Å². The lowest BCUT2D eigenvalue weighted by atomic mass is 9.87. The van der Waals surface area contributed by atoms with Crippen molar-refractivity contribution in [1.82, 2.24) is 5.32 Å². The zero-order valence-corrected chi connectivity index (χ0v) is 34.0. The molecule has 10 nitrogen and oxygen atoms in total. The van der Waals surface area contributed by atoms with Crippen LogP contribution in [-0.4, -0.2) is 82.0 Å². The molecular formula is C49H46F2N2O8. The van der Waals surface area contributed by atoms with Crippen molar-refractivity contribution in [1.29, 1.82) is 0 Å². The van der Waals surface area contributed by atoms with Gasteiger partial charge in [0.25, 0.3) is 11.8 Å². The van der Waals surface area contributed by atoms with Gasteiger partial charge in [0.1, 0.15) is 12.2 Å². The van der Waals surface area contributed by atoms with Gasteiger partial charge in [-0.15, -0.1) is 0 Å². The lowest BCUT2D eigenvalue weighted by molar-refractivity contribution is -0.256. The molecule has 2 amide bonds. The number of carbonyl (C=O) groups excluding carboxylic acids is 2. The number of hydrogen-bond donors (Lipinski definition) is 2. The quantitative estimate of drug-likeness (QED) is 0.171. The highest BCUT2D eigenvalue weighted by Crippen LogP contribution is 2.40. The first-order valence-electron chi connectivity index (χ1n) is 20.5. The number of rotatable bonds is 4. The fraction of sp³-hybridized carbons (Fsp3) is 0.306. The Labute approximate surface area is 350 Å². The zero-order chi connectivity index (χ0) is 42.4. The minimum Gasteiger partial charge on any atom is -0.490 e. The van der Waals surface area contributed by atoms with Gasteiger partial charge in [-0.05, 0) is 85.6 Å². The Morgan fingerprint density at radius 2 is 1.18 bits per heavy atom. The zero-order valence-electron chi connectivity index (χ0n) is 34.0. The Bertz CT molecular complexity index is 2830. The van der Waals surface area contributed by atoms with Gasteiger partial charge < -0.3 is 39.1 Å². The molecule has 1 aliphatic carbocycles. The number of hydrogen-bond acceptors (Lipinski definition) is 8. The molecule has 0 saturated carbocycles. The number of amides is 2. The first-order chi connectivity index (χ1) is 29.5. The monoisotopic (exact) mass is 828 g/mol. The smallest absolute Gasteiger partial charge is 0.346 e. The highest BCUT2D eigenvalue weighted by atomic mass is 19.2. The summed E-state index contributed by atoms with van der Waals surface area (Å²) in [5.74, 6) is -8.78. The van der Waals surface area contributed by atoms with Crippen LogP contribution in [0.3, 0.4) is 0 Å². The maximum atomic E-state index is 17.3. The molecule has 2 unspecified atom stereocenters. The molecule has 0 aromatic heterocycles. The number of benzene rings is 7. The number of ether oxygens (including phenoxy) is 6. The van der Waals surface area contributed by atoms with Gasteiger partial charge in [-0.3, -0.25) is 9.59 Å². The van der Waals surface area contributed by atoms with E-state index in [1.807, 2.05) is 66.7 Å². The summed E-state index contributed by atoms with van der Waals surface area (Å²) in [5.41, 5.74) is -0.524. The molecule has 2 aliphatic rings. The van der Waals surface area contributed by atoms with Crippen LogP contribution in [0.2, 0.25) is 0 Å². The molecular weight excluding hydrogens is 783 g/mol. The molecule has 7 aromatic carbocycles. The maximum Gasteiger partial charge on any atom is 0.346 e. The van der Waals surface area contributed by atoms with E-state index in [4.69, 9.17) is 28.4 Å². The van der Waals surface area contributed by atoms with Crippen LogP contribution in [-0.2, 0) is 38.0 Å². The highest BCUT2D eigenvalue weighted by molar-refractivity contribution is 6.26. The summed E-state index contributed by atoms with van der Waals surface area (Å²) in [7, 11) is 0. The highest BCUT2D eigenvalue weighted by Gasteiger charge is 2.55. The standard InChI is InChI=1S/C49H46F2N2O8/c1-30-48(50,45(54)52-39-20-16-35-12-10-31-6-4-8-33-14-18-37(39)43(35)41(31)33)60-28-24-57-23-27-59-47(2,3)49(51,61-29-25-56-22-26-58-30)46(55)53-40-21-17-36-13-11-32-7-5-9-34-15-19-38(40)44(36)42(32)34/h4-20,40H,1,21-29H2,2-3H3,(H,52,54)(H,53,55)/t40?,48?,49-/m1/s1. The second kappa shape index (κ2) is 16.3. The van der Waals surface area contributed by atoms with Crippen LogP contribution in [0.4, 0.5) is 14.5 Å². The fourth-order valence-electron chi connectivity index (χ4n) is 8.64. The van der Waals surface area contributed by atoms with E-state index in [1.165, 1.54) is 13.8 Å². The van der Waals surface area contributed by atoms with Crippen LogP contribution >= 0.6 is 0 Å². The topological polar surface area (TPSA) is 114 Å². The minimum absolute atomic E-state index is 0.0776. The van der Waals surface area contributed by atoms with Crippen LogP contribution in [0, 0.1) is 0 Å². The number of anilines is 1. The summed E-state index contributed by atoms with van der Waals surface area (Å²) in [5, 5.41) is 16.8. The summed E-state index contributed by atoms with van der Waals surface area (Å²) < 4.78 is 68.2. The number of nitrogens with one attached hydrogen (secondary N) is 2. The Morgan fingerprint density at radius 3 is 1.89 bits per heavy atom. The summed E-state index contributed by atoms with van der Waals surface area (Å²) in [6.07, 6.45) is 2.50. The van der Waals surface area contributed by atoms with Crippen molar-refractivity contribution in [3.05, 3.63) is 120 Å². The Hall–Kier alpha value is -5.76. The van der Waals surface area contributed by atoms with Gasteiger partial charge >= 0.3 is 11.7 Å². The maximum absolute atomic E-state index is 17.3. The third kappa shape index (κ3) is 7.32. The fourth-order valence-corrected chi connectivity index (χ4v) is 8.64. The lowest BCUT2D eigenvalue weighted by Gasteiger charge is -2.39. The van der Waals surface area contributed by atoms with Gasteiger partial charge in [0.2, 0.25) is 0 Å². The number of carbonyl (C=O) groups is 2. The average Bonchev–Trinajstić information content (AvgIpc) is 3.26. The van der Waals surface area contributed by atoms with E-state index in [-0.39, 0.29) is 52.9 Å². The van der Waals surface area contributed by atoms with Crippen molar-refractivity contribution in [2.24, 2.45) is 0 Å². The summed E-state index contributed by atoms with van der Waals surface area (Å²) in [4.78, 5) is 27.9. The molecule has 1 fully saturated rings. The number of halogens is 2. The van der Waals surface area contributed by atoms with Crippen LogP contribution in [0.15, 0.2) is 109 Å².